The normalized spacial score (nSPS) is 15.7. The summed E-state index contributed by atoms with van der Waals surface area (Å²) >= 11 is 5.83. The third-order valence-electron chi connectivity index (χ3n) is 3.83. The van der Waals surface area contributed by atoms with Gasteiger partial charge in [-0.2, -0.15) is 0 Å². The molecule has 0 bridgehead atoms. The molecule has 24 heavy (non-hydrogen) atoms. The van der Waals surface area contributed by atoms with Crippen LogP contribution in [0.5, 0.6) is 0 Å². The van der Waals surface area contributed by atoms with Crippen LogP contribution < -0.4 is 16.4 Å². The zero-order valence-corrected chi connectivity index (χ0v) is 14.0. The van der Waals surface area contributed by atoms with Gasteiger partial charge in [-0.25, -0.2) is 0 Å². The number of rotatable bonds is 6. The molecule has 1 aromatic carbocycles. The number of carbonyl (C=O) groups excluding carboxylic acids is 3. The molecule has 130 valence electrons. The molecular weight excluding hydrogens is 332 g/mol. The lowest BCUT2D eigenvalue weighted by molar-refractivity contribution is -0.122. The van der Waals surface area contributed by atoms with Crippen molar-refractivity contribution in [1.29, 1.82) is 0 Å². The number of hydrogen-bond donors (Lipinski definition) is 3. The van der Waals surface area contributed by atoms with Crippen molar-refractivity contribution in [2.45, 2.75) is 18.9 Å². The molecule has 1 aliphatic rings. The molecule has 0 spiro atoms. The molecule has 0 saturated carbocycles. The van der Waals surface area contributed by atoms with Gasteiger partial charge in [0.05, 0.1) is 13.1 Å². The topological polar surface area (TPSA) is 105 Å². The van der Waals surface area contributed by atoms with Crippen molar-refractivity contribution in [3.05, 3.63) is 34.9 Å². The molecule has 0 radical (unpaired) electrons. The summed E-state index contributed by atoms with van der Waals surface area (Å²) in [6, 6.07) is 6.58. The number of nitrogens with two attached hydrogens (primary N) is 1. The van der Waals surface area contributed by atoms with E-state index in [9.17, 15) is 14.4 Å². The van der Waals surface area contributed by atoms with E-state index < -0.39 is 0 Å². The van der Waals surface area contributed by atoms with Gasteiger partial charge in [-0.05, 0) is 31.0 Å². The summed E-state index contributed by atoms with van der Waals surface area (Å²) in [4.78, 5) is 36.7. The summed E-state index contributed by atoms with van der Waals surface area (Å²) in [6.07, 6.45) is 1.50. The van der Waals surface area contributed by atoms with Gasteiger partial charge >= 0.3 is 0 Å². The number of likely N-dealkylation sites (tertiary alicyclic amines) is 1. The van der Waals surface area contributed by atoms with E-state index in [0.717, 1.165) is 12.8 Å². The molecule has 1 saturated heterocycles. The van der Waals surface area contributed by atoms with Crippen LogP contribution in [0.2, 0.25) is 5.02 Å². The first-order valence-corrected chi connectivity index (χ1v) is 8.15. The van der Waals surface area contributed by atoms with Gasteiger partial charge in [-0.3, -0.25) is 19.3 Å². The second kappa shape index (κ2) is 8.65. The maximum atomic E-state index is 11.9. The molecule has 0 unspecified atom stereocenters. The van der Waals surface area contributed by atoms with E-state index in [-0.39, 0.29) is 36.9 Å². The Morgan fingerprint density at radius 1 is 1.25 bits per heavy atom. The van der Waals surface area contributed by atoms with Gasteiger partial charge in [0.25, 0.3) is 5.91 Å². The van der Waals surface area contributed by atoms with Crippen molar-refractivity contribution in [2.75, 3.05) is 26.2 Å². The van der Waals surface area contributed by atoms with Crippen molar-refractivity contribution in [1.82, 2.24) is 15.5 Å². The largest absolute Gasteiger partial charge is 0.369 e. The van der Waals surface area contributed by atoms with Gasteiger partial charge in [-0.15, -0.1) is 0 Å². The first-order valence-electron chi connectivity index (χ1n) is 7.78. The fraction of sp³-hybridized carbons (Fsp3) is 0.438. The Morgan fingerprint density at radius 2 is 1.96 bits per heavy atom. The Bertz CT molecular complexity index is 615. The Kier molecular flexibility index (Phi) is 6.57. The molecular formula is C16H21ClN4O3. The van der Waals surface area contributed by atoms with Gasteiger partial charge < -0.3 is 16.4 Å². The average molecular weight is 353 g/mol. The fourth-order valence-electron chi connectivity index (χ4n) is 2.63. The summed E-state index contributed by atoms with van der Waals surface area (Å²) in [5, 5.41) is 5.92. The standard InChI is InChI=1S/C16H21ClN4O3/c17-12-3-1-2-11(8-12)16(24)19-9-15(23)20-13-4-6-21(7-5-13)10-14(18)22/h1-3,8,13H,4-7,9-10H2,(H2,18,22)(H,19,24)(H,20,23). The number of nitrogens with one attached hydrogen (secondary N) is 2. The highest BCUT2D eigenvalue weighted by Crippen LogP contribution is 2.11. The molecule has 0 aliphatic carbocycles. The summed E-state index contributed by atoms with van der Waals surface area (Å²) in [7, 11) is 0. The van der Waals surface area contributed by atoms with E-state index in [4.69, 9.17) is 17.3 Å². The van der Waals surface area contributed by atoms with Gasteiger partial charge in [0, 0.05) is 29.7 Å². The zero-order chi connectivity index (χ0) is 17.5. The molecule has 8 heteroatoms. The number of primary amides is 1. The quantitative estimate of drug-likeness (QED) is 0.677. The van der Waals surface area contributed by atoms with Crippen molar-refractivity contribution >= 4 is 29.3 Å². The van der Waals surface area contributed by atoms with E-state index in [1.165, 1.54) is 0 Å². The Balaban J connectivity index is 1.70. The number of carbonyl (C=O) groups is 3. The third-order valence-corrected chi connectivity index (χ3v) is 4.06. The SMILES string of the molecule is NC(=O)CN1CCC(NC(=O)CNC(=O)c2cccc(Cl)c2)CC1. The molecule has 3 amide bonds. The molecule has 1 fully saturated rings. The number of amides is 3. The molecule has 1 aromatic rings. The molecule has 0 atom stereocenters. The Morgan fingerprint density at radius 3 is 2.58 bits per heavy atom. The molecule has 0 aromatic heterocycles. The number of piperidine rings is 1. The minimum atomic E-state index is -0.346. The van der Waals surface area contributed by atoms with Crippen LogP contribution in [-0.2, 0) is 9.59 Å². The molecule has 4 N–H and O–H groups in total. The zero-order valence-electron chi connectivity index (χ0n) is 13.3. The van der Waals surface area contributed by atoms with Crippen molar-refractivity contribution in [2.24, 2.45) is 5.73 Å². The predicted molar refractivity (Wildman–Crippen MR) is 90.6 cm³/mol. The predicted octanol–water partition coefficient (Wildman–Crippen LogP) is 0.136. The lowest BCUT2D eigenvalue weighted by Gasteiger charge is -2.31. The van der Waals surface area contributed by atoms with Crippen LogP contribution >= 0.6 is 11.6 Å². The smallest absolute Gasteiger partial charge is 0.251 e. The van der Waals surface area contributed by atoms with Crippen LogP contribution in [0.4, 0.5) is 0 Å². The van der Waals surface area contributed by atoms with E-state index in [0.29, 0.717) is 23.7 Å². The summed E-state index contributed by atoms with van der Waals surface area (Å²) in [5.74, 6) is -0.927. The molecule has 2 rings (SSSR count). The highest BCUT2D eigenvalue weighted by Gasteiger charge is 2.21. The van der Waals surface area contributed by atoms with Crippen LogP contribution in [0.25, 0.3) is 0 Å². The van der Waals surface area contributed by atoms with Gasteiger partial charge in [-0.1, -0.05) is 17.7 Å². The third kappa shape index (κ3) is 5.82. The van der Waals surface area contributed by atoms with Crippen molar-refractivity contribution < 1.29 is 14.4 Å². The average Bonchev–Trinajstić information content (AvgIpc) is 2.54. The second-order valence-electron chi connectivity index (χ2n) is 5.78. The van der Waals surface area contributed by atoms with Crippen LogP contribution in [0, 0.1) is 0 Å². The van der Waals surface area contributed by atoms with E-state index in [1.54, 1.807) is 24.3 Å². The Labute approximate surface area is 145 Å². The minimum absolute atomic E-state index is 0.0460. The van der Waals surface area contributed by atoms with Crippen LogP contribution in [0.1, 0.15) is 23.2 Å². The Hall–Kier alpha value is -2.12. The summed E-state index contributed by atoms with van der Waals surface area (Å²) in [5.41, 5.74) is 5.58. The first kappa shape index (κ1) is 18.2. The monoisotopic (exact) mass is 352 g/mol. The maximum absolute atomic E-state index is 11.9. The molecule has 1 heterocycles. The number of hydrogen-bond acceptors (Lipinski definition) is 4. The van der Waals surface area contributed by atoms with Crippen molar-refractivity contribution in [3.8, 4) is 0 Å². The summed E-state index contributed by atoms with van der Waals surface area (Å²) < 4.78 is 0. The molecule has 1 aliphatic heterocycles. The number of benzene rings is 1. The molecule has 7 nitrogen and oxygen atoms in total. The first-order chi connectivity index (χ1) is 11.4. The van der Waals surface area contributed by atoms with Gasteiger partial charge in [0.15, 0.2) is 0 Å². The number of halogens is 1. The van der Waals surface area contributed by atoms with Gasteiger partial charge in [0.1, 0.15) is 0 Å². The lowest BCUT2D eigenvalue weighted by Crippen LogP contribution is -2.48. The van der Waals surface area contributed by atoms with Crippen LogP contribution in [-0.4, -0.2) is 54.8 Å². The fourth-order valence-corrected chi connectivity index (χ4v) is 2.82. The highest BCUT2D eigenvalue weighted by atomic mass is 35.5. The summed E-state index contributed by atoms with van der Waals surface area (Å²) in [6.45, 7) is 1.58. The van der Waals surface area contributed by atoms with Gasteiger partial charge in [0.2, 0.25) is 11.8 Å². The van der Waals surface area contributed by atoms with E-state index in [1.807, 2.05) is 4.90 Å². The van der Waals surface area contributed by atoms with E-state index >= 15 is 0 Å². The number of nitrogens with zero attached hydrogens (tertiary/aromatic N) is 1. The maximum Gasteiger partial charge on any atom is 0.251 e. The second-order valence-corrected chi connectivity index (χ2v) is 6.21. The van der Waals surface area contributed by atoms with Crippen LogP contribution in [0.3, 0.4) is 0 Å². The lowest BCUT2D eigenvalue weighted by atomic mass is 10.1. The van der Waals surface area contributed by atoms with E-state index in [2.05, 4.69) is 10.6 Å². The highest BCUT2D eigenvalue weighted by molar-refractivity contribution is 6.30. The minimum Gasteiger partial charge on any atom is -0.369 e. The van der Waals surface area contributed by atoms with Crippen LogP contribution in [0.15, 0.2) is 24.3 Å². The van der Waals surface area contributed by atoms with Crippen molar-refractivity contribution in [3.63, 3.8) is 0 Å².